The number of hydrazone groups is 1. The van der Waals surface area contributed by atoms with Gasteiger partial charge in [-0.15, -0.1) is 0 Å². The van der Waals surface area contributed by atoms with Crippen LogP contribution in [0.15, 0.2) is 78.2 Å². The quantitative estimate of drug-likeness (QED) is 0.488. The second-order valence-corrected chi connectivity index (χ2v) is 5.76. The lowest BCUT2D eigenvalue weighted by atomic mass is 10.1. The van der Waals surface area contributed by atoms with E-state index in [4.69, 9.17) is 9.84 Å². The number of aromatic nitrogens is 1. The smallest absolute Gasteiger partial charge is 0.335 e. The first-order valence-corrected chi connectivity index (χ1v) is 8.41. The highest BCUT2D eigenvalue weighted by Gasteiger charge is 2.05. The number of carbonyl (C=O) groups excluding carboxylic acids is 1. The van der Waals surface area contributed by atoms with Crippen molar-refractivity contribution in [3.63, 3.8) is 0 Å². The van der Waals surface area contributed by atoms with Gasteiger partial charge in [0.25, 0.3) is 5.91 Å². The number of hydrogen-bond donors (Lipinski definition) is 2. The van der Waals surface area contributed by atoms with Gasteiger partial charge in [0.1, 0.15) is 12.4 Å². The number of nitrogens with zero attached hydrogens (tertiary/aromatic N) is 2. The fourth-order valence-corrected chi connectivity index (χ4v) is 2.35. The summed E-state index contributed by atoms with van der Waals surface area (Å²) in [5.74, 6) is -0.717. The molecular weight excluding hydrogens is 358 g/mol. The maximum atomic E-state index is 12.0. The fourth-order valence-electron chi connectivity index (χ4n) is 2.35. The highest BCUT2D eigenvalue weighted by atomic mass is 16.5. The topological polar surface area (TPSA) is 101 Å². The molecule has 0 aliphatic rings. The zero-order valence-electron chi connectivity index (χ0n) is 14.8. The predicted molar refractivity (Wildman–Crippen MR) is 103 cm³/mol. The van der Waals surface area contributed by atoms with Gasteiger partial charge in [0.2, 0.25) is 0 Å². The van der Waals surface area contributed by atoms with Gasteiger partial charge in [0, 0.05) is 23.5 Å². The summed E-state index contributed by atoms with van der Waals surface area (Å²) in [5, 5.41) is 12.9. The van der Waals surface area contributed by atoms with E-state index in [0.717, 1.165) is 5.56 Å². The molecule has 0 saturated carbocycles. The van der Waals surface area contributed by atoms with Crippen LogP contribution in [0.4, 0.5) is 0 Å². The minimum atomic E-state index is -0.970. The molecule has 2 aromatic carbocycles. The minimum absolute atomic E-state index is 0.223. The molecule has 0 radical (unpaired) electrons. The summed E-state index contributed by atoms with van der Waals surface area (Å²) < 4.78 is 5.81. The van der Waals surface area contributed by atoms with Crippen molar-refractivity contribution in [3.8, 4) is 5.75 Å². The molecule has 1 heterocycles. The van der Waals surface area contributed by atoms with Crippen LogP contribution in [0, 0.1) is 0 Å². The van der Waals surface area contributed by atoms with Crippen LogP contribution in [0.1, 0.15) is 31.8 Å². The van der Waals surface area contributed by atoms with Crippen molar-refractivity contribution in [2.75, 3.05) is 0 Å². The Morgan fingerprint density at radius 2 is 1.71 bits per heavy atom. The first-order chi connectivity index (χ1) is 13.6. The number of carbonyl (C=O) groups is 2. The normalized spacial score (nSPS) is 10.6. The second-order valence-electron chi connectivity index (χ2n) is 5.76. The molecule has 0 bridgehead atoms. The van der Waals surface area contributed by atoms with Crippen molar-refractivity contribution in [2.45, 2.75) is 6.61 Å². The van der Waals surface area contributed by atoms with Crippen molar-refractivity contribution in [2.24, 2.45) is 5.10 Å². The number of ether oxygens (including phenoxy) is 1. The summed E-state index contributed by atoms with van der Waals surface area (Å²) >= 11 is 0. The summed E-state index contributed by atoms with van der Waals surface area (Å²) in [6.07, 6.45) is 4.57. The number of rotatable bonds is 7. The molecule has 28 heavy (non-hydrogen) atoms. The van der Waals surface area contributed by atoms with Crippen LogP contribution in [0.5, 0.6) is 5.75 Å². The summed E-state index contributed by atoms with van der Waals surface area (Å²) in [5.41, 5.74) is 4.67. The number of nitrogens with one attached hydrogen (secondary N) is 1. The molecule has 0 atom stereocenters. The molecular formula is C21H17N3O4. The van der Waals surface area contributed by atoms with E-state index in [1.54, 1.807) is 30.3 Å². The highest BCUT2D eigenvalue weighted by molar-refractivity contribution is 5.95. The Bertz CT molecular complexity index is 986. The van der Waals surface area contributed by atoms with Crippen molar-refractivity contribution in [1.29, 1.82) is 0 Å². The monoisotopic (exact) mass is 375 g/mol. The van der Waals surface area contributed by atoms with E-state index in [1.807, 2.05) is 18.2 Å². The maximum absolute atomic E-state index is 12.0. The number of aromatic carboxylic acids is 1. The van der Waals surface area contributed by atoms with Gasteiger partial charge in [-0.3, -0.25) is 9.78 Å². The summed E-state index contributed by atoms with van der Waals surface area (Å²) in [4.78, 5) is 26.7. The third-order valence-corrected chi connectivity index (χ3v) is 3.83. The average Bonchev–Trinajstić information content (AvgIpc) is 2.74. The first-order valence-electron chi connectivity index (χ1n) is 8.41. The Morgan fingerprint density at radius 1 is 1.00 bits per heavy atom. The Morgan fingerprint density at radius 3 is 2.43 bits per heavy atom. The van der Waals surface area contributed by atoms with Crippen LogP contribution >= 0.6 is 0 Å². The van der Waals surface area contributed by atoms with E-state index >= 15 is 0 Å². The molecule has 0 unspecified atom stereocenters. The SMILES string of the molecule is O=C(O)c1ccc(COc2ccccc2/C=N/NC(=O)c2ccncc2)cc1. The number of hydrogen-bond acceptors (Lipinski definition) is 5. The largest absolute Gasteiger partial charge is 0.488 e. The molecule has 7 nitrogen and oxygen atoms in total. The minimum Gasteiger partial charge on any atom is -0.488 e. The van der Waals surface area contributed by atoms with Crippen molar-refractivity contribution >= 4 is 18.1 Å². The number of pyridine rings is 1. The van der Waals surface area contributed by atoms with Crippen LogP contribution in [0.25, 0.3) is 0 Å². The molecule has 2 N–H and O–H groups in total. The van der Waals surface area contributed by atoms with Crippen molar-refractivity contribution in [1.82, 2.24) is 10.4 Å². The number of carboxylic acid groups (broad SMARTS) is 1. The highest BCUT2D eigenvalue weighted by Crippen LogP contribution is 2.18. The summed E-state index contributed by atoms with van der Waals surface area (Å²) in [6, 6.07) is 16.9. The van der Waals surface area contributed by atoms with Crippen LogP contribution in [-0.4, -0.2) is 28.2 Å². The van der Waals surface area contributed by atoms with E-state index in [0.29, 0.717) is 16.9 Å². The molecule has 3 rings (SSSR count). The van der Waals surface area contributed by atoms with E-state index < -0.39 is 5.97 Å². The van der Waals surface area contributed by atoms with Crippen LogP contribution in [-0.2, 0) is 6.61 Å². The van der Waals surface area contributed by atoms with Gasteiger partial charge in [-0.2, -0.15) is 5.10 Å². The Labute approximate surface area is 161 Å². The molecule has 0 fully saturated rings. The first kappa shape index (κ1) is 18.8. The fraction of sp³-hybridized carbons (Fsp3) is 0.0476. The third kappa shape index (κ3) is 5.01. The standard InChI is InChI=1S/C21H17N3O4/c25-20(16-9-11-22-12-10-16)24-23-13-18-3-1-2-4-19(18)28-14-15-5-7-17(8-6-15)21(26)27/h1-13H,14H2,(H,24,25)(H,26,27)/b23-13+. The lowest BCUT2D eigenvalue weighted by molar-refractivity contribution is 0.0696. The molecule has 1 amide bonds. The van der Waals surface area contributed by atoms with Gasteiger partial charge in [-0.05, 0) is 42.0 Å². The zero-order valence-corrected chi connectivity index (χ0v) is 14.8. The van der Waals surface area contributed by atoms with Crippen molar-refractivity contribution < 1.29 is 19.4 Å². The van der Waals surface area contributed by atoms with Crippen LogP contribution in [0.3, 0.4) is 0 Å². The number of benzene rings is 2. The predicted octanol–water partition coefficient (Wildman–Crippen LogP) is 3.12. The van der Waals surface area contributed by atoms with E-state index in [-0.39, 0.29) is 18.1 Å². The number of carboxylic acids is 1. The maximum Gasteiger partial charge on any atom is 0.335 e. The lowest BCUT2D eigenvalue weighted by Crippen LogP contribution is -2.17. The molecule has 0 aliphatic heterocycles. The Balaban J connectivity index is 1.62. The molecule has 1 aromatic heterocycles. The molecule has 0 aliphatic carbocycles. The van der Waals surface area contributed by atoms with E-state index in [9.17, 15) is 9.59 Å². The van der Waals surface area contributed by atoms with Gasteiger partial charge in [-0.1, -0.05) is 24.3 Å². The molecule has 0 saturated heterocycles. The van der Waals surface area contributed by atoms with Gasteiger partial charge >= 0.3 is 5.97 Å². The van der Waals surface area contributed by atoms with Gasteiger partial charge < -0.3 is 9.84 Å². The lowest BCUT2D eigenvalue weighted by Gasteiger charge is -2.09. The third-order valence-electron chi connectivity index (χ3n) is 3.83. The molecule has 7 heteroatoms. The molecule has 140 valence electrons. The zero-order chi connectivity index (χ0) is 19.8. The van der Waals surface area contributed by atoms with Gasteiger partial charge in [-0.25, -0.2) is 10.2 Å². The summed E-state index contributed by atoms with van der Waals surface area (Å²) in [7, 11) is 0. The molecule has 3 aromatic rings. The van der Waals surface area contributed by atoms with Gasteiger partial charge in [0.05, 0.1) is 11.8 Å². The van der Waals surface area contributed by atoms with E-state index in [1.165, 1.54) is 30.7 Å². The number of para-hydroxylation sites is 1. The van der Waals surface area contributed by atoms with Gasteiger partial charge in [0.15, 0.2) is 0 Å². The van der Waals surface area contributed by atoms with Crippen LogP contribution in [0.2, 0.25) is 0 Å². The average molecular weight is 375 g/mol. The Kier molecular flexibility index (Phi) is 6.10. The van der Waals surface area contributed by atoms with Crippen molar-refractivity contribution in [3.05, 3.63) is 95.3 Å². The van der Waals surface area contributed by atoms with E-state index in [2.05, 4.69) is 15.5 Å². The summed E-state index contributed by atoms with van der Waals surface area (Å²) in [6.45, 7) is 0.272. The molecule has 0 spiro atoms. The second kappa shape index (κ2) is 9.09. The Hall–Kier alpha value is -4.00. The van der Waals surface area contributed by atoms with Crippen LogP contribution < -0.4 is 10.2 Å². The number of amides is 1.